The fraction of sp³-hybridized carbons (Fsp3) is 0.250. The second kappa shape index (κ2) is 11.3. The van der Waals surface area contributed by atoms with Crippen LogP contribution >= 0.6 is 12.4 Å². The monoisotopic (exact) mass is 490 g/mol. The number of carbonyl (C=O) groups excluding carboxylic acids is 1. The van der Waals surface area contributed by atoms with Crippen LogP contribution in [0.3, 0.4) is 0 Å². The van der Waals surface area contributed by atoms with Crippen LogP contribution in [0.1, 0.15) is 19.5 Å². The van der Waals surface area contributed by atoms with E-state index in [2.05, 4.69) is 4.98 Å². The van der Waals surface area contributed by atoms with E-state index in [0.29, 0.717) is 17.2 Å². The van der Waals surface area contributed by atoms with Gasteiger partial charge in [0.2, 0.25) is 5.91 Å². The molecule has 0 saturated heterocycles. The minimum atomic E-state index is -3.73. The van der Waals surface area contributed by atoms with E-state index < -0.39 is 27.3 Å². The van der Waals surface area contributed by atoms with E-state index in [9.17, 15) is 13.2 Å². The number of halogens is 1. The Kier molecular flexibility index (Phi) is 8.99. The molecule has 9 heteroatoms. The zero-order chi connectivity index (χ0) is 23.2. The Hall–Kier alpha value is -2.94. The van der Waals surface area contributed by atoms with Gasteiger partial charge in [0, 0.05) is 11.6 Å². The molecule has 2 N–H and O–H groups in total. The molecular weight excluding hydrogens is 464 g/mol. The molecule has 0 spiro atoms. The smallest absolute Gasteiger partial charge is 0.247 e. The summed E-state index contributed by atoms with van der Waals surface area (Å²) in [5, 5.41) is 0. The van der Waals surface area contributed by atoms with Crippen molar-refractivity contribution in [2.45, 2.75) is 31.5 Å². The van der Waals surface area contributed by atoms with Crippen LogP contribution in [0.25, 0.3) is 0 Å². The molecule has 0 aliphatic heterocycles. The number of carbonyl (C=O) groups is 1. The molecule has 0 radical (unpaired) electrons. The van der Waals surface area contributed by atoms with Crippen LogP contribution in [0.4, 0.5) is 0 Å². The number of amides is 1. The van der Waals surface area contributed by atoms with Gasteiger partial charge >= 0.3 is 0 Å². The van der Waals surface area contributed by atoms with Crippen LogP contribution in [-0.4, -0.2) is 31.2 Å². The van der Waals surface area contributed by atoms with Crippen LogP contribution in [-0.2, 0) is 26.0 Å². The highest BCUT2D eigenvalue weighted by molar-refractivity contribution is 7.91. The number of nitrogens with two attached hydrogens (primary N) is 1. The summed E-state index contributed by atoms with van der Waals surface area (Å²) in [5.41, 5.74) is 5.09. The van der Waals surface area contributed by atoms with Gasteiger partial charge in [-0.15, -0.1) is 12.4 Å². The molecule has 1 atom stereocenters. The van der Waals surface area contributed by atoms with Gasteiger partial charge in [0.15, 0.2) is 9.84 Å². The number of nitrogens with zero attached hydrogens (tertiary/aromatic N) is 1. The molecule has 0 aliphatic rings. The molecule has 176 valence electrons. The number of para-hydroxylation sites is 1. The summed E-state index contributed by atoms with van der Waals surface area (Å²) in [6.07, 6.45) is 0.499. The van der Waals surface area contributed by atoms with Gasteiger partial charge in [0.05, 0.1) is 22.9 Å². The van der Waals surface area contributed by atoms with Gasteiger partial charge in [-0.05, 0) is 48.5 Å². The largest absolute Gasteiger partial charge is 0.457 e. The van der Waals surface area contributed by atoms with Crippen molar-refractivity contribution in [2.75, 3.05) is 5.75 Å². The molecule has 0 bridgehead atoms. The third kappa shape index (κ3) is 7.28. The second-order valence-corrected chi connectivity index (χ2v) is 10.0. The van der Waals surface area contributed by atoms with Gasteiger partial charge < -0.3 is 15.2 Å². The zero-order valence-corrected chi connectivity index (χ0v) is 20.0. The fourth-order valence-corrected chi connectivity index (χ4v) is 5.18. The maximum Gasteiger partial charge on any atom is 0.247 e. The predicted octanol–water partition coefficient (Wildman–Crippen LogP) is 4.17. The summed E-state index contributed by atoms with van der Waals surface area (Å²) < 4.78 is 37.5. The van der Waals surface area contributed by atoms with Crippen LogP contribution in [0.5, 0.6) is 11.5 Å². The molecule has 0 aliphatic carbocycles. The van der Waals surface area contributed by atoms with E-state index in [0.717, 1.165) is 0 Å². The Balaban J connectivity index is 0.00000385. The molecule has 2 aromatic carbocycles. The summed E-state index contributed by atoms with van der Waals surface area (Å²) in [7, 11) is -3.73. The highest BCUT2D eigenvalue weighted by Gasteiger charge is 2.39. The zero-order valence-electron chi connectivity index (χ0n) is 18.4. The number of primary amides is 1. The predicted molar refractivity (Wildman–Crippen MR) is 128 cm³/mol. The molecule has 1 aromatic heterocycles. The van der Waals surface area contributed by atoms with Crippen LogP contribution in [0.15, 0.2) is 83.9 Å². The molecule has 1 amide bonds. The van der Waals surface area contributed by atoms with Gasteiger partial charge in [-0.3, -0.25) is 9.78 Å². The lowest BCUT2D eigenvalue weighted by Crippen LogP contribution is -2.46. The summed E-state index contributed by atoms with van der Waals surface area (Å²) in [5.74, 6) is 0.115. The topological polar surface area (TPSA) is 109 Å². The highest BCUT2D eigenvalue weighted by atomic mass is 35.5. The molecule has 0 fully saturated rings. The molecule has 1 unspecified atom stereocenters. The van der Waals surface area contributed by atoms with E-state index >= 15 is 0 Å². The molecule has 3 aromatic rings. The van der Waals surface area contributed by atoms with Crippen LogP contribution < -0.4 is 10.5 Å². The fourth-order valence-electron chi connectivity index (χ4n) is 3.33. The lowest BCUT2D eigenvalue weighted by Gasteiger charge is -2.31. The maximum absolute atomic E-state index is 13.1. The average molecular weight is 491 g/mol. The van der Waals surface area contributed by atoms with E-state index in [1.807, 2.05) is 30.3 Å². The first-order valence-corrected chi connectivity index (χ1v) is 11.7. The number of sulfone groups is 1. The number of hydrogen-bond acceptors (Lipinski definition) is 6. The van der Waals surface area contributed by atoms with Gasteiger partial charge in [0.25, 0.3) is 0 Å². The van der Waals surface area contributed by atoms with Gasteiger partial charge in [0.1, 0.15) is 17.6 Å². The Morgan fingerprint density at radius 3 is 2.15 bits per heavy atom. The second-order valence-electron chi connectivity index (χ2n) is 8.05. The Bertz CT molecular complexity index is 1140. The molecule has 1 heterocycles. The average Bonchev–Trinajstić information content (AvgIpc) is 2.74. The standard InChI is InChI=1S/C24H26N2O5S.ClH/c1-24(2,22(23(25)27)30-16-18-8-6-7-15-26-18)17-32(28,29)21-13-11-20(12-14-21)31-19-9-4-3-5-10-19;/h3-15,22H,16-17H2,1-2H3,(H2,25,27);1H. The number of benzene rings is 2. The van der Waals surface area contributed by atoms with E-state index in [1.54, 1.807) is 50.4 Å². The molecule has 0 saturated carbocycles. The number of hydrogen-bond donors (Lipinski definition) is 1. The lowest BCUT2D eigenvalue weighted by atomic mass is 9.88. The van der Waals surface area contributed by atoms with Crippen molar-refractivity contribution in [1.82, 2.24) is 4.98 Å². The minimum Gasteiger partial charge on any atom is -0.457 e. The van der Waals surface area contributed by atoms with Crippen LogP contribution in [0.2, 0.25) is 0 Å². The molecule has 7 nitrogen and oxygen atoms in total. The number of aromatic nitrogens is 1. The molecular formula is C24H27ClN2O5S. The van der Waals surface area contributed by atoms with E-state index in [1.165, 1.54) is 12.1 Å². The molecule has 3 rings (SSSR count). The van der Waals surface area contributed by atoms with Crippen molar-refractivity contribution < 1.29 is 22.7 Å². The van der Waals surface area contributed by atoms with Crippen molar-refractivity contribution in [2.24, 2.45) is 11.1 Å². The summed E-state index contributed by atoms with van der Waals surface area (Å²) >= 11 is 0. The van der Waals surface area contributed by atoms with Crippen LogP contribution in [0, 0.1) is 5.41 Å². The summed E-state index contributed by atoms with van der Waals surface area (Å²) in [6.45, 7) is 3.33. The number of ether oxygens (including phenoxy) is 2. The quantitative estimate of drug-likeness (QED) is 0.457. The normalized spacial score (nSPS) is 12.4. The summed E-state index contributed by atoms with van der Waals surface area (Å²) in [4.78, 5) is 16.3. The first kappa shape index (κ1) is 26.3. The first-order chi connectivity index (χ1) is 15.2. The Morgan fingerprint density at radius 1 is 0.970 bits per heavy atom. The minimum absolute atomic E-state index is 0. The van der Waals surface area contributed by atoms with Gasteiger partial charge in [-0.1, -0.05) is 38.1 Å². The third-order valence-electron chi connectivity index (χ3n) is 4.82. The molecule has 33 heavy (non-hydrogen) atoms. The Morgan fingerprint density at radius 2 is 1.58 bits per heavy atom. The Labute approximate surface area is 200 Å². The van der Waals surface area contributed by atoms with E-state index in [-0.39, 0.29) is 29.7 Å². The highest BCUT2D eigenvalue weighted by Crippen LogP contribution is 2.30. The van der Waals surface area contributed by atoms with Crippen molar-refractivity contribution in [3.63, 3.8) is 0 Å². The number of rotatable bonds is 10. The SMILES string of the molecule is CC(C)(CS(=O)(=O)c1ccc(Oc2ccccc2)cc1)C(OCc1ccccn1)C(N)=O.Cl. The third-order valence-corrected chi connectivity index (χ3v) is 6.93. The van der Waals surface area contributed by atoms with E-state index in [4.69, 9.17) is 15.2 Å². The summed E-state index contributed by atoms with van der Waals surface area (Å²) in [6, 6.07) is 20.7. The van der Waals surface area contributed by atoms with Crippen molar-refractivity contribution in [1.29, 1.82) is 0 Å². The van der Waals surface area contributed by atoms with Crippen molar-refractivity contribution in [3.8, 4) is 11.5 Å². The number of pyridine rings is 1. The first-order valence-electron chi connectivity index (χ1n) is 10.0. The lowest BCUT2D eigenvalue weighted by molar-refractivity contribution is -0.137. The van der Waals surface area contributed by atoms with Crippen molar-refractivity contribution in [3.05, 3.63) is 84.7 Å². The maximum atomic E-state index is 13.1. The van der Waals surface area contributed by atoms with Crippen molar-refractivity contribution >= 4 is 28.2 Å². The van der Waals surface area contributed by atoms with Gasteiger partial charge in [-0.2, -0.15) is 0 Å². The van der Waals surface area contributed by atoms with Gasteiger partial charge in [-0.25, -0.2) is 8.42 Å².